The first kappa shape index (κ1) is 21.7. The molecule has 7 heteroatoms. The van der Waals surface area contributed by atoms with E-state index in [-0.39, 0.29) is 5.82 Å². The molecule has 2 aromatic heterocycles. The summed E-state index contributed by atoms with van der Waals surface area (Å²) in [6.45, 7) is 0.497. The van der Waals surface area contributed by atoms with E-state index in [0.29, 0.717) is 23.7 Å². The van der Waals surface area contributed by atoms with Crippen molar-refractivity contribution in [2.45, 2.75) is 12.7 Å². The molecule has 0 spiro atoms. The van der Waals surface area contributed by atoms with E-state index < -0.39 is 11.7 Å². The monoisotopic (exact) mass is 462 g/mol. The Kier molecular flexibility index (Phi) is 5.53. The van der Waals surface area contributed by atoms with E-state index in [1.807, 2.05) is 29.0 Å². The third-order valence-electron chi connectivity index (χ3n) is 5.51. The predicted molar refractivity (Wildman–Crippen MR) is 123 cm³/mol. The summed E-state index contributed by atoms with van der Waals surface area (Å²) in [6.07, 6.45) is 2.44. The summed E-state index contributed by atoms with van der Waals surface area (Å²) in [5.41, 5.74) is 3.61. The Labute approximate surface area is 192 Å². The van der Waals surface area contributed by atoms with Crippen LogP contribution in [-0.2, 0) is 12.7 Å². The van der Waals surface area contributed by atoms with E-state index >= 15 is 0 Å². The molecule has 2 heterocycles. The van der Waals surface area contributed by atoms with Crippen molar-refractivity contribution >= 4 is 23.1 Å². The molecule has 34 heavy (non-hydrogen) atoms. The Hall–Kier alpha value is -4.13. The van der Waals surface area contributed by atoms with Crippen molar-refractivity contribution in [3.05, 3.63) is 114 Å². The van der Waals surface area contributed by atoms with Crippen molar-refractivity contribution in [3.63, 3.8) is 0 Å². The second-order valence-electron chi connectivity index (χ2n) is 7.85. The minimum atomic E-state index is -4.36. The lowest BCUT2D eigenvalue weighted by Crippen LogP contribution is -2.03. The first-order valence-corrected chi connectivity index (χ1v) is 10.5. The van der Waals surface area contributed by atoms with Crippen molar-refractivity contribution in [1.29, 1.82) is 0 Å². The van der Waals surface area contributed by atoms with Crippen LogP contribution in [0.4, 0.5) is 17.6 Å². The van der Waals surface area contributed by atoms with Crippen LogP contribution >= 0.6 is 0 Å². The van der Waals surface area contributed by atoms with E-state index in [2.05, 4.69) is 11.1 Å². The van der Waals surface area contributed by atoms with Crippen LogP contribution in [0.15, 0.2) is 89.7 Å². The molecule has 170 valence electrons. The highest BCUT2D eigenvalue weighted by atomic mass is 19.4. The molecule has 0 radical (unpaired) electrons. The van der Waals surface area contributed by atoms with E-state index in [0.717, 1.165) is 34.2 Å². The Morgan fingerprint density at radius 3 is 2.32 bits per heavy atom. The fourth-order valence-electron chi connectivity index (χ4n) is 3.76. The van der Waals surface area contributed by atoms with Crippen molar-refractivity contribution < 1.29 is 22.0 Å². The molecule has 3 aromatic carbocycles. The van der Waals surface area contributed by atoms with Gasteiger partial charge in [0.05, 0.1) is 17.8 Å². The minimum Gasteiger partial charge on any atom is -0.445 e. The maximum atomic E-state index is 13.2. The molecule has 0 saturated carbocycles. The van der Waals surface area contributed by atoms with Crippen molar-refractivity contribution in [1.82, 2.24) is 9.55 Å². The molecule has 0 saturated heterocycles. The molecular weight excluding hydrogens is 444 g/mol. The van der Waals surface area contributed by atoms with E-state index in [4.69, 9.17) is 4.42 Å². The quantitative estimate of drug-likeness (QED) is 0.251. The van der Waals surface area contributed by atoms with Crippen molar-refractivity contribution in [3.8, 4) is 11.1 Å². The summed E-state index contributed by atoms with van der Waals surface area (Å²) in [5.74, 6) is 0.0992. The SMILES string of the molecule is Fc1ccc(-c2ccc3c(ccn3Cc3coc(/C=C/c4ccc(C(F)(F)F)cc4)n3)c2)cc1. The number of oxazole rings is 1. The largest absolute Gasteiger partial charge is 0.445 e. The summed E-state index contributed by atoms with van der Waals surface area (Å²) in [4.78, 5) is 4.45. The number of fused-ring (bicyclic) bond motifs is 1. The lowest BCUT2D eigenvalue weighted by Gasteiger charge is -2.05. The zero-order valence-electron chi connectivity index (χ0n) is 17.8. The minimum absolute atomic E-state index is 0.267. The number of nitrogens with zero attached hydrogens (tertiary/aromatic N) is 2. The maximum Gasteiger partial charge on any atom is 0.416 e. The number of halogens is 4. The topological polar surface area (TPSA) is 31.0 Å². The molecule has 0 amide bonds. The van der Waals surface area contributed by atoms with Gasteiger partial charge in [0.1, 0.15) is 12.1 Å². The number of aromatic nitrogens is 2. The molecule has 3 nitrogen and oxygen atoms in total. The molecule has 0 bridgehead atoms. The maximum absolute atomic E-state index is 13.2. The Morgan fingerprint density at radius 2 is 1.59 bits per heavy atom. The summed E-state index contributed by atoms with van der Waals surface area (Å²) < 4.78 is 58.8. The second-order valence-corrected chi connectivity index (χ2v) is 7.85. The van der Waals surface area contributed by atoms with Gasteiger partial charge in [-0.05, 0) is 65.2 Å². The number of alkyl halides is 3. The zero-order chi connectivity index (χ0) is 23.7. The fourth-order valence-corrected chi connectivity index (χ4v) is 3.76. The van der Waals surface area contributed by atoms with Gasteiger partial charge in [-0.25, -0.2) is 9.37 Å². The zero-order valence-corrected chi connectivity index (χ0v) is 17.8. The lowest BCUT2D eigenvalue weighted by atomic mass is 10.0. The van der Waals surface area contributed by atoms with Crippen LogP contribution in [0.2, 0.25) is 0 Å². The van der Waals surface area contributed by atoms with Gasteiger partial charge >= 0.3 is 6.18 Å². The van der Waals surface area contributed by atoms with Crippen LogP contribution < -0.4 is 0 Å². The first-order valence-electron chi connectivity index (χ1n) is 10.5. The molecule has 5 aromatic rings. The van der Waals surface area contributed by atoms with Gasteiger partial charge in [0, 0.05) is 23.2 Å². The smallest absolute Gasteiger partial charge is 0.416 e. The highest BCUT2D eigenvalue weighted by Gasteiger charge is 2.29. The van der Waals surface area contributed by atoms with Crippen LogP contribution in [0.5, 0.6) is 0 Å². The third-order valence-corrected chi connectivity index (χ3v) is 5.51. The summed E-state index contributed by atoms with van der Waals surface area (Å²) in [7, 11) is 0. The number of hydrogen-bond donors (Lipinski definition) is 0. The molecule has 0 atom stereocenters. The van der Waals surface area contributed by atoms with Gasteiger partial charge in [-0.15, -0.1) is 0 Å². The Morgan fingerprint density at radius 1 is 0.853 bits per heavy atom. The van der Waals surface area contributed by atoms with Crippen LogP contribution in [0.25, 0.3) is 34.2 Å². The summed E-state index contributed by atoms with van der Waals surface area (Å²) in [5, 5.41) is 1.05. The standard InChI is InChI=1S/C27H18F4N2O/c28-23-9-4-19(5-10-23)20-6-11-25-21(15-20)13-14-33(25)16-24-17-34-26(32-24)12-3-18-1-7-22(8-2-18)27(29,30)31/h1-15,17H,16H2/b12-3+. The molecule has 0 unspecified atom stereocenters. The van der Waals surface area contributed by atoms with Gasteiger partial charge in [-0.3, -0.25) is 0 Å². The highest BCUT2D eigenvalue weighted by molar-refractivity contribution is 5.85. The highest BCUT2D eigenvalue weighted by Crippen LogP contribution is 2.29. The number of rotatable bonds is 5. The molecule has 0 aliphatic heterocycles. The fraction of sp³-hybridized carbons (Fsp3) is 0.0741. The van der Waals surface area contributed by atoms with Gasteiger partial charge in [0.15, 0.2) is 0 Å². The van der Waals surface area contributed by atoms with Crippen LogP contribution in [0, 0.1) is 5.82 Å². The normalized spacial score (nSPS) is 12.1. The number of benzene rings is 3. The average molecular weight is 462 g/mol. The van der Waals surface area contributed by atoms with Crippen molar-refractivity contribution in [2.75, 3.05) is 0 Å². The van der Waals surface area contributed by atoms with Gasteiger partial charge in [-0.2, -0.15) is 13.2 Å². The van der Waals surface area contributed by atoms with Gasteiger partial charge in [-0.1, -0.05) is 30.3 Å². The second kappa shape index (κ2) is 8.67. The summed E-state index contributed by atoms with van der Waals surface area (Å²) >= 11 is 0. The van der Waals surface area contributed by atoms with E-state index in [1.165, 1.54) is 24.3 Å². The average Bonchev–Trinajstić information content (AvgIpc) is 3.45. The lowest BCUT2D eigenvalue weighted by molar-refractivity contribution is -0.137. The first-order chi connectivity index (χ1) is 16.3. The van der Waals surface area contributed by atoms with E-state index in [1.54, 1.807) is 30.5 Å². The molecule has 5 rings (SSSR count). The molecular formula is C27H18F4N2O. The van der Waals surface area contributed by atoms with Crippen LogP contribution in [-0.4, -0.2) is 9.55 Å². The molecule has 0 fully saturated rings. The Bertz CT molecular complexity index is 1460. The molecule has 0 N–H and O–H groups in total. The predicted octanol–water partition coefficient (Wildman–Crippen LogP) is 7.67. The van der Waals surface area contributed by atoms with Crippen LogP contribution in [0.1, 0.15) is 22.7 Å². The number of hydrogen-bond acceptors (Lipinski definition) is 2. The molecule has 0 aliphatic rings. The Balaban J connectivity index is 1.30. The van der Waals surface area contributed by atoms with Crippen LogP contribution in [0.3, 0.4) is 0 Å². The van der Waals surface area contributed by atoms with Crippen molar-refractivity contribution in [2.24, 2.45) is 0 Å². The summed E-state index contributed by atoms with van der Waals surface area (Å²) in [6, 6.07) is 19.3. The van der Waals surface area contributed by atoms with Gasteiger partial charge in [0.2, 0.25) is 5.89 Å². The van der Waals surface area contributed by atoms with E-state index in [9.17, 15) is 17.6 Å². The molecule has 0 aliphatic carbocycles. The van der Waals surface area contributed by atoms with Gasteiger partial charge < -0.3 is 8.98 Å². The third kappa shape index (κ3) is 4.64. The van der Waals surface area contributed by atoms with Gasteiger partial charge in [0.25, 0.3) is 0 Å².